The lowest BCUT2D eigenvalue weighted by molar-refractivity contribution is -0.114. The highest BCUT2D eigenvalue weighted by Crippen LogP contribution is 1.76. The third-order valence-electron chi connectivity index (χ3n) is 0.548. The molecule has 0 aromatic heterocycles. The number of allylic oxidation sites excluding steroid dienone is 1. The van der Waals surface area contributed by atoms with Crippen LogP contribution in [0.1, 0.15) is 6.92 Å². The van der Waals surface area contributed by atoms with Gasteiger partial charge in [-0.05, 0) is 13.0 Å². The Morgan fingerprint density at radius 1 is 1.60 bits per heavy atom. The van der Waals surface area contributed by atoms with Crippen molar-refractivity contribution in [1.82, 2.24) is 4.72 Å². The average Bonchev–Trinajstić information content (AvgIpc) is 1.59. The van der Waals surface area contributed by atoms with Gasteiger partial charge in [-0.3, -0.25) is 9.35 Å². The van der Waals surface area contributed by atoms with Crippen LogP contribution in [0.2, 0.25) is 0 Å². The Kier molecular flexibility index (Phi) is 3.04. The van der Waals surface area contributed by atoms with Crippen molar-refractivity contribution in [2.75, 3.05) is 0 Å². The molecule has 0 aliphatic carbocycles. The lowest BCUT2D eigenvalue weighted by atomic mass is 10.5. The summed E-state index contributed by atoms with van der Waals surface area (Å²) in [6.45, 7) is 1.55. The Morgan fingerprint density at radius 3 is 2.40 bits per heavy atom. The second-order valence-corrected chi connectivity index (χ2v) is 2.60. The predicted octanol–water partition coefficient (Wildman–Crippen LogP) is -0.518. The molecule has 10 heavy (non-hydrogen) atoms. The molecule has 58 valence electrons. The Labute approximate surface area is 58.6 Å². The number of hydrogen-bond acceptors (Lipinski definition) is 3. The molecule has 1 amide bonds. The van der Waals surface area contributed by atoms with Gasteiger partial charge >= 0.3 is 10.3 Å². The summed E-state index contributed by atoms with van der Waals surface area (Å²) in [5.41, 5.74) is 0. The average molecular weight is 165 g/mol. The molecular weight excluding hydrogens is 158 g/mol. The summed E-state index contributed by atoms with van der Waals surface area (Å²) in [4.78, 5) is 10.3. The van der Waals surface area contributed by atoms with Crippen LogP contribution in [0.5, 0.6) is 0 Å². The van der Waals surface area contributed by atoms with Crippen molar-refractivity contribution in [1.29, 1.82) is 0 Å². The maximum Gasteiger partial charge on any atom is 0.359 e. The highest BCUT2D eigenvalue weighted by Gasteiger charge is 2.04. The topological polar surface area (TPSA) is 83.5 Å². The molecule has 0 aliphatic rings. The first kappa shape index (κ1) is 9.12. The fraction of sp³-hybridized carbons (Fsp3) is 0.250. The molecule has 0 radical (unpaired) electrons. The van der Waals surface area contributed by atoms with Crippen LogP contribution < -0.4 is 4.72 Å². The van der Waals surface area contributed by atoms with E-state index in [0.29, 0.717) is 0 Å². The van der Waals surface area contributed by atoms with E-state index in [0.717, 1.165) is 6.08 Å². The SMILES string of the molecule is C/C=C/C(=O)NS(=O)(=O)O. The van der Waals surface area contributed by atoms with Crippen LogP contribution in [0.25, 0.3) is 0 Å². The second-order valence-electron chi connectivity index (χ2n) is 1.44. The normalized spacial score (nSPS) is 11.8. The second kappa shape index (κ2) is 3.33. The van der Waals surface area contributed by atoms with Crippen LogP contribution in [0, 0.1) is 0 Å². The molecule has 5 nitrogen and oxygen atoms in total. The molecule has 0 aromatic rings. The first-order valence-electron chi connectivity index (χ1n) is 2.37. The maximum atomic E-state index is 10.3. The Morgan fingerprint density at radius 2 is 2.10 bits per heavy atom. The van der Waals surface area contributed by atoms with E-state index in [4.69, 9.17) is 4.55 Å². The predicted molar refractivity (Wildman–Crippen MR) is 34.5 cm³/mol. The number of nitrogens with one attached hydrogen (secondary N) is 1. The van der Waals surface area contributed by atoms with Crippen molar-refractivity contribution >= 4 is 16.2 Å². The largest absolute Gasteiger partial charge is 0.359 e. The van der Waals surface area contributed by atoms with Gasteiger partial charge in [-0.2, -0.15) is 8.42 Å². The van der Waals surface area contributed by atoms with Crippen molar-refractivity contribution in [3.05, 3.63) is 12.2 Å². The van der Waals surface area contributed by atoms with Crippen molar-refractivity contribution in [3.63, 3.8) is 0 Å². The smallest absolute Gasteiger partial charge is 0.269 e. The summed E-state index contributed by atoms with van der Waals surface area (Å²) < 4.78 is 29.2. The van der Waals surface area contributed by atoms with E-state index in [1.807, 2.05) is 0 Å². The highest BCUT2D eigenvalue weighted by atomic mass is 32.2. The van der Waals surface area contributed by atoms with E-state index in [1.165, 1.54) is 10.8 Å². The minimum Gasteiger partial charge on any atom is -0.269 e. The van der Waals surface area contributed by atoms with Gasteiger partial charge in [0, 0.05) is 0 Å². The maximum absolute atomic E-state index is 10.3. The van der Waals surface area contributed by atoms with Gasteiger partial charge in [-0.1, -0.05) is 6.08 Å². The van der Waals surface area contributed by atoms with E-state index in [2.05, 4.69) is 0 Å². The van der Waals surface area contributed by atoms with Gasteiger partial charge in [0.15, 0.2) is 0 Å². The van der Waals surface area contributed by atoms with Crippen LogP contribution in [-0.2, 0) is 15.1 Å². The van der Waals surface area contributed by atoms with Gasteiger partial charge in [-0.15, -0.1) is 0 Å². The molecule has 0 unspecified atom stereocenters. The van der Waals surface area contributed by atoms with Crippen molar-refractivity contribution in [2.24, 2.45) is 0 Å². The van der Waals surface area contributed by atoms with Crippen LogP contribution in [0.15, 0.2) is 12.2 Å². The summed E-state index contributed by atoms with van der Waals surface area (Å²) in [5.74, 6) is -0.870. The number of carbonyl (C=O) groups is 1. The third-order valence-corrected chi connectivity index (χ3v) is 1.01. The number of hydrogen-bond donors (Lipinski definition) is 2. The van der Waals surface area contributed by atoms with Crippen LogP contribution in [0.3, 0.4) is 0 Å². The van der Waals surface area contributed by atoms with E-state index < -0.39 is 16.2 Å². The zero-order valence-electron chi connectivity index (χ0n) is 5.23. The van der Waals surface area contributed by atoms with E-state index in [-0.39, 0.29) is 0 Å². The molecule has 0 bridgehead atoms. The zero-order chi connectivity index (χ0) is 8.20. The van der Waals surface area contributed by atoms with Crippen molar-refractivity contribution in [2.45, 2.75) is 6.92 Å². The number of rotatable bonds is 2. The Balaban J connectivity index is 4.07. The standard InChI is InChI=1S/C4H7NO4S/c1-2-3-4(6)5-10(7,8)9/h2-3H,1H3,(H,5,6)(H,7,8,9)/b3-2+. The number of amides is 1. The van der Waals surface area contributed by atoms with E-state index in [9.17, 15) is 13.2 Å². The van der Waals surface area contributed by atoms with Crippen molar-refractivity contribution in [3.8, 4) is 0 Å². The molecule has 6 heteroatoms. The summed E-state index contributed by atoms with van der Waals surface area (Å²) in [7, 11) is -4.40. The van der Waals surface area contributed by atoms with E-state index >= 15 is 0 Å². The quantitative estimate of drug-likeness (QED) is 0.426. The monoisotopic (exact) mass is 165 g/mol. The van der Waals surface area contributed by atoms with Crippen molar-refractivity contribution < 1.29 is 17.8 Å². The molecule has 0 aromatic carbocycles. The molecule has 0 rings (SSSR count). The van der Waals surface area contributed by atoms with Gasteiger partial charge in [-0.25, -0.2) is 4.72 Å². The zero-order valence-corrected chi connectivity index (χ0v) is 6.05. The first-order chi connectivity index (χ1) is 4.45. The molecule has 2 N–H and O–H groups in total. The lowest BCUT2D eigenvalue weighted by Gasteiger charge is -1.93. The molecule has 0 aliphatic heterocycles. The molecule has 0 saturated heterocycles. The summed E-state index contributed by atoms with van der Waals surface area (Å²) in [6, 6.07) is 0. The summed E-state index contributed by atoms with van der Waals surface area (Å²) in [6.07, 6.45) is 2.33. The fourth-order valence-electron chi connectivity index (χ4n) is 0.313. The molecular formula is C4H7NO4S. The minimum atomic E-state index is -4.40. The van der Waals surface area contributed by atoms with Gasteiger partial charge in [0.1, 0.15) is 0 Å². The Bertz CT molecular complexity index is 240. The van der Waals surface area contributed by atoms with Gasteiger partial charge in [0.05, 0.1) is 0 Å². The van der Waals surface area contributed by atoms with Gasteiger partial charge in [0.2, 0.25) is 0 Å². The minimum absolute atomic E-state index is 0.870. The first-order valence-corrected chi connectivity index (χ1v) is 3.81. The summed E-state index contributed by atoms with van der Waals surface area (Å²) in [5, 5.41) is 0. The molecule has 0 heterocycles. The summed E-state index contributed by atoms with van der Waals surface area (Å²) >= 11 is 0. The highest BCUT2D eigenvalue weighted by molar-refractivity contribution is 7.84. The van der Waals surface area contributed by atoms with Crippen LogP contribution in [-0.4, -0.2) is 18.9 Å². The van der Waals surface area contributed by atoms with Gasteiger partial charge in [0.25, 0.3) is 5.91 Å². The number of carbonyl (C=O) groups excluding carboxylic acids is 1. The third kappa shape index (κ3) is 5.26. The van der Waals surface area contributed by atoms with Crippen LogP contribution in [0.4, 0.5) is 0 Å². The van der Waals surface area contributed by atoms with Gasteiger partial charge < -0.3 is 0 Å². The molecule has 0 atom stereocenters. The molecule has 0 saturated carbocycles. The molecule has 0 fully saturated rings. The van der Waals surface area contributed by atoms with E-state index in [1.54, 1.807) is 6.92 Å². The van der Waals surface area contributed by atoms with Crippen LogP contribution >= 0.6 is 0 Å². The Hall–Kier alpha value is -0.880. The fourth-order valence-corrected chi connectivity index (χ4v) is 0.635. The molecule has 0 spiro atoms. The lowest BCUT2D eigenvalue weighted by Crippen LogP contribution is -2.27.